The summed E-state index contributed by atoms with van der Waals surface area (Å²) in [6, 6.07) is 15.5. The topological polar surface area (TPSA) is 28.7 Å². The van der Waals surface area contributed by atoms with Crippen LogP contribution in [-0.4, -0.2) is 10.2 Å². The number of nitrogens with one attached hydrogen (secondary N) is 1. The first-order valence-electron chi connectivity index (χ1n) is 5.91. The van der Waals surface area contributed by atoms with E-state index in [1.54, 1.807) is 12.1 Å². The summed E-state index contributed by atoms with van der Waals surface area (Å²) in [7, 11) is 0. The third-order valence-electron chi connectivity index (χ3n) is 2.96. The minimum Gasteiger partial charge on any atom is -0.276 e. The lowest BCUT2D eigenvalue weighted by Crippen LogP contribution is -1.80. The van der Waals surface area contributed by atoms with Gasteiger partial charge in [-0.15, -0.1) is 0 Å². The van der Waals surface area contributed by atoms with Crippen molar-refractivity contribution in [3.05, 3.63) is 63.0 Å². The van der Waals surface area contributed by atoms with Gasteiger partial charge in [0.1, 0.15) is 5.69 Å². The Balaban J connectivity index is 2.08. The Morgan fingerprint density at radius 1 is 0.900 bits per heavy atom. The first kappa shape index (κ1) is 13.7. The number of aromatic nitrogens is 2. The van der Waals surface area contributed by atoms with Gasteiger partial charge in [0.15, 0.2) is 0 Å². The quantitative estimate of drug-likeness (QED) is 0.607. The van der Waals surface area contributed by atoms with Crippen molar-refractivity contribution in [2.24, 2.45) is 0 Å². The molecule has 1 aromatic heterocycles. The largest absolute Gasteiger partial charge is 0.276 e. The predicted molar refractivity (Wildman–Crippen MR) is 87.2 cm³/mol. The second-order valence-corrected chi connectivity index (χ2v) is 5.86. The van der Waals surface area contributed by atoms with Crippen molar-refractivity contribution in [2.45, 2.75) is 0 Å². The summed E-state index contributed by atoms with van der Waals surface area (Å²) in [4.78, 5) is 0. The SMILES string of the molecule is Clc1ccc(-c2n[nH]c(-c3ccccc3)c2Br)cc1Cl. The van der Waals surface area contributed by atoms with Gasteiger partial charge >= 0.3 is 0 Å². The van der Waals surface area contributed by atoms with Crippen LogP contribution in [-0.2, 0) is 0 Å². The van der Waals surface area contributed by atoms with Crippen molar-refractivity contribution in [3.63, 3.8) is 0 Å². The van der Waals surface area contributed by atoms with Gasteiger partial charge in [-0.3, -0.25) is 5.10 Å². The van der Waals surface area contributed by atoms with Gasteiger partial charge in [0.2, 0.25) is 0 Å². The van der Waals surface area contributed by atoms with E-state index in [0.29, 0.717) is 10.0 Å². The zero-order valence-corrected chi connectivity index (χ0v) is 13.3. The molecular formula is C15H9BrCl2N2. The van der Waals surface area contributed by atoms with Gasteiger partial charge in [0.05, 0.1) is 20.2 Å². The fourth-order valence-corrected chi connectivity index (χ4v) is 2.89. The monoisotopic (exact) mass is 366 g/mol. The highest BCUT2D eigenvalue weighted by Crippen LogP contribution is 2.36. The van der Waals surface area contributed by atoms with E-state index in [0.717, 1.165) is 27.0 Å². The lowest BCUT2D eigenvalue weighted by Gasteiger charge is -2.01. The van der Waals surface area contributed by atoms with E-state index < -0.39 is 0 Å². The van der Waals surface area contributed by atoms with Crippen LogP contribution < -0.4 is 0 Å². The van der Waals surface area contributed by atoms with Crippen molar-refractivity contribution < 1.29 is 0 Å². The number of hydrogen-bond donors (Lipinski definition) is 1. The highest BCUT2D eigenvalue weighted by Gasteiger charge is 2.14. The van der Waals surface area contributed by atoms with E-state index in [4.69, 9.17) is 23.2 Å². The first-order chi connectivity index (χ1) is 9.66. The molecule has 0 aliphatic heterocycles. The van der Waals surface area contributed by atoms with Gasteiger partial charge in [0.25, 0.3) is 0 Å². The molecule has 1 heterocycles. The highest BCUT2D eigenvalue weighted by atomic mass is 79.9. The normalized spacial score (nSPS) is 10.8. The zero-order chi connectivity index (χ0) is 14.1. The average Bonchev–Trinajstić information content (AvgIpc) is 2.85. The fraction of sp³-hybridized carbons (Fsp3) is 0. The summed E-state index contributed by atoms with van der Waals surface area (Å²) in [6.07, 6.45) is 0. The Morgan fingerprint density at radius 2 is 1.65 bits per heavy atom. The maximum Gasteiger partial charge on any atom is 0.107 e. The van der Waals surface area contributed by atoms with E-state index >= 15 is 0 Å². The van der Waals surface area contributed by atoms with E-state index in [1.807, 2.05) is 36.4 Å². The minimum absolute atomic E-state index is 0.514. The third-order valence-corrected chi connectivity index (χ3v) is 4.47. The molecule has 0 amide bonds. The summed E-state index contributed by atoms with van der Waals surface area (Å²) < 4.78 is 0.905. The number of hydrogen-bond acceptors (Lipinski definition) is 1. The molecule has 0 fully saturated rings. The lowest BCUT2D eigenvalue weighted by atomic mass is 10.1. The van der Waals surface area contributed by atoms with Gasteiger partial charge in [0, 0.05) is 11.1 Å². The van der Waals surface area contributed by atoms with Crippen molar-refractivity contribution >= 4 is 39.1 Å². The van der Waals surface area contributed by atoms with Gasteiger partial charge in [-0.1, -0.05) is 59.6 Å². The second kappa shape index (κ2) is 5.60. The molecule has 0 aliphatic carbocycles. The number of aromatic amines is 1. The summed E-state index contributed by atoms with van der Waals surface area (Å²) >= 11 is 15.6. The van der Waals surface area contributed by atoms with Crippen LogP contribution in [0, 0.1) is 0 Å². The molecule has 5 heteroatoms. The van der Waals surface area contributed by atoms with E-state index in [-0.39, 0.29) is 0 Å². The Hall–Kier alpha value is -1.29. The molecule has 0 aliphatic rings. The van der Waals surface area contributed by atoms with Crippen LogP contribution >= 0.6 is 39.1 Å². The van der Waals surface area contributed by atoms with Crippen molar-refractivity contribution in [1.82, 2.24) is 10.2 Å². The minimum atomic E-state index is 0.514. The van der Waals surface area contributed by atoms with Crippen LogP contribution in [0.25, 0.3) is 22.5 Å². The molecule has 0 bridgehead atoms. The molecule has 1 N–H and O–H groups in total. The average molecular weight is 368 g/mol. The number of nitrogens with zero attached hydrogens (tertiary/aromatic N) is 1. The molecule has 0 spiro atoms. The van der Waals surface area contributed by atoms with Gasteiger partial charge in [-0.05, 0) is 28.1 Å². The maximum absolute atomic E-state index is 6.05. The van der Waals surface area contributed by atoms with Gasteiger partial charge in [-0.2, -0.15) is 5.10 Å². The maximum atomic E-state index is 6.05. The van der Waals surface area contributed by atoms with E-state index in [2.05, 4.69) is 26.1 Å². The van der Waals surface area contributed by atoms with Crippen LogP contribution in [0.5, 0.6) is 0 Å². The Labute approximate surface area is 134 Å². The summed E-state index contributed by atoms with van der Waals surface area (Å²) in [5, 5.41) is 8.46. The number of rotatable bonds is 2. The number of benzene rings is 2. The van der Waals surface area contributed by atoms with Crippen LogP contribution in [0.15, 0.2) is 53.0 Å². The molecule has 3 rings (SSSR count). The van der Waals surface area contributed by atoms with Crippen LogP contribution in [0.3, 0.4) is 0 Å². The zero-order valence-electron chi connectivity index (χ0n) is 10.2. The number of halogens is 3. The summed E-state index contributed by atoms with van der Waals surface area (Å²) in [5.41, 5.74) is 3.72. The van der Waals surface area contributed by atoms with Gasteiger partial charge < -0.3 is 0 Å². The molecule has 0 radical (unpaired) electrons. The first-order valence-corrected chi connectivity index (χ1v) is 7.46. The molecule has 0 saturated heterocycles. The molecule has 0 saturated carbocycles. The van der Waals surface area contributed by atoms with Crippen LogP contribution in [0.4, 0.5) is 0 Å². The highest BCUT2D eigenvalue weighted by molar-refractivity contribution is 9.10. The van der Waals surface area contributed by atoms with Crippen molar-refractivity contribution in [1.29, 1.82) is 0 Å². The Morgan fingerprint density at radius 3 is 2.35 bits per heavy atom. The fourth-order valence-electron chi connectivity index (χ4n) is 1.96. The smallest absolute Gasteiger partial charge is 0.107 e. The molecule has 0 atom stereocenters. The Bertz CT molecular complexity index is 754. The summed E-state index contributed by atoms with van der Waals surface area (Å²) in [6.45, 7) is 0. The molecular weight excluding hydrogens is 359 g/mol. The van der Waals surface area contributed by atoms with Crippen LogP contribution in [0.1, 0.15) is 0 Å². The lowest BCUT2D eigenvalue weighted by molar-refractivity contribution is 1.10. The molecule has 3 aromatic rings. The van der Waals surface area contributed by atoms with Crippen molar-refractivity contribution in [2.75, 3.05) is 0 Å². The Kier molecular flexibility index (Phi) is 3.83. The molecule has 20 heavy (non-hydrogen) atoms. The molecule has 2 nitrogen and oxygen atoms in total. The third kappa shape index (κ3) is 2.49. The standard InChI is InChI=1S/C15H9BrCl2N2/c16-13-14(9-4-2-1-3-5-9)19-20-15(13)10-6-7-11(17)12(18)8-10/h1-8H,(H,19,20). The summed E-state index contributed by atoms with van der Waals surface area (Å²) in [5.74, 6) is 0. The van der Waals surface area contributed by atoms with Crippen LogP contribution in [0.2, 0.25) is 10.0 Å². The number of H-pyrrole nitrogens is 1. The second-order valence-electron chi connectivity index (χ2n) is 4.26. The van der Waals surface area contributed by atoms with Gasteiger partial charge in [-0.25, -0.2) is 0 Å². The van der Waals surface area contributed by atoms with E-state index in [9.17, 15) is 0 Å². The van der Waals surface area contributed by atoms with E-state index in [1.165, 1.54) is 0 Å². The molecule has 2 aromatic carbocycles. The van der Waals surface area contributed by atoms with Crippen molar-refractivity contribution in [3.8, 4) is 22.5 Å². The molecule has 0 unspecified atom stereocenters. The predicted octanol–water partition coefficient (Wildman–Crippen LogP) is 5.81. The molecule has 100 valence electrons.